The molecule has 0 bridgehead atoms. The van der Waals surface area contributed by atoms with Crippen molar-refractivity contribution in [3.63, 3.8) is 0 Å². The van der Waals surface area contributed by atoms with Gasteiger partial charge >= 0.3 is 0 Å². The molecule has 1 fully saturated rings. The topological polar surface area (TPSA) is 63.5 Å². The van der Waals surface area contributed by atoms with Gasteiger partial charge < -0.3 is 14.5 Å². The molecule has 2 aromatic rings. The van der Waals surface area contributed by atoms with Gasteiger partial charge in [0.1, 0.15) is 11.9 Å². The second kappa shape index (κ2) is 7.86. The lowest BCUT2D eigenvalue weighted by Gasteiger charge is -2.33. The normalized spacial score (nSPS) is 17.4. The van der Waals surface area contributed by atoms with Crippen LogP contribution in [0.4, 0.5) is 5.82 Å². The van der Waals surface area contributed by atoms with Crippen LogP contribution in [0.5, 0.6) is 0 Å². The first-order chi connectivity index (χ1) is 12.5. The van der Waals surface area contributed by atoms with Crippen LogP contribution in [0.1, 0.15) is 29.5 Å². The van der Waals surface area contributed by atoms with Crippen molar-refractivity contribution in [2.75, 3.05) is 38.7 Å². The molecule has 1 amide bonds. The lowest BCUT2D eigenvalue weighted by molar-refractivity contribution is -0.139. The first-order valence-electron chi connectivity index (χ1n) is 8.97. The van der Waals surface area contributed by atoms with Crippen LogP contribution in [0.25, 0.3) is 0 Å². The maximum atomic E-state index is 12.7. The fourth-order valence-electron chi connectivity index (χ4n) is 3.11. The van der Waals surface area contributed by atoms with Crippen LogP contribution in [-0.2, 0) is 23.0 Å². The number of morpholine rings is 1. The zero-order valence-electron chi connectivity index (χ0n) is 16.0. The number of rotatable bonds is 5. The van der Waals surface area contributed by atoms with Crippen LogP contribution in [0, 0.1) is 6.92 Å². The number of nitrogens with zero attached hydrogens (tertiary/aromatic N) is 5. The molecule has 1 aliphatic heterocycles. The van der Waals surface area contributed by atoms with Crippen LogP contribution in [0.3, 0.4) is 0 Å². The van der Waals surface area contributed by atoms with Gasteiger partial charge in [-0.15, -0.1) is 0 Å². The molecule has 0 N–H and O–H groups in total. The predicted molar refractivity (Wildman–Crippen MR) is 100 cm³/mol. The second-order valence-electron chi connectivity index (χ2n) is 6.89. The Bertz CT molecular complexity index is 771. The van der Waals surface area contributed by atoms with E-state index in [0.717, 1.165) is 29.2 Å². The van der Waals surface area contributed by atoms with E-state index in [2.05, 4.69) is 10.1 Å². The summed E-state index contributed by atoms with van der Waals surface area (Å²) in [5.41, 5.74) is 3.12. The van der Waals surface area contributed by atoms with E-state index in [4.69, 9.17) is 4.74 Å². The Morgan fingerprint density at radius 1 is 1.38 bits per heavy atom. The molecule has 7 nitrogen and oxygen atoms in total. The third-order valence-electron chi connectivity index (χ3n) is 4.91. The Balaban J connectivity index is 1.61. The van der Waals surface area contributed by atoms with E-state index in [1.54, 1.807) is 0 Å². The highest BCUT2D eigenvalue weighted by molar-refractivity contribution is 5.76. The van der Waals surface area contributed by atoms with Gasteiger partial charge in [-0.2, -0.15) is 5.10 Å². The molecule has 3 rings (SSSR count). The van der Waals surface area contributed by atoms with Crippen LogP contribution in [-0.4, -0.2) is 59.4 Å². The van der Waals surface area contributed by atoms with E-state index in [-0.39, 0.29) is 12.0 Å². The molecule has 1 saturated heterocycles. The molecule has 3 heterocycles. The number of carbonyl (C=O) groups is 1. The molecule has 7 heteroatoms. The van der Waals surface area contributed by atoms with Crippen molar-refractivity contribution in [1.29, 1.82) is 0 Å². The zero-order valence-corrected chi connectivity index (χ0v) is 16.0. The molecule has 0 radical (unpaired) electrons. The van der Waals surface area contributed by atoms with Crippen LogP contribution in [0.2, 0.25) is 0 Å². The first kappa shape index (κ1) is 18.4. The molecule has 0 spiro atoms. The minimum absolute atomic E-state index is 0.158. The molecule has 1 atom stereocenters. The summed E-state index contributed by atoms with van der Waals surface area (Å²) >= 11 is 0. The molecule has 2 aromatic heterocycles. The van der Waals surface area contributed by atoms with E-state index in [0.29, 0.717) is 26.1 Å². The third kappa shape index (κ3) is 4.04. The second-order valence-corrected chi connectivity index (χ2v) is 6.89. The summed E-state index contributed by atoms with van der Waals surface area (Å²) in [6.07, 6.45) is 2.88. The van der Waals surface area contributed by atoms with Gasteiger partial charge in [0.25, 0.3) is 0 Å². The lowest BCUT2D eigenvalue weighted by atomic mass is 10.1. The molecular formula is C19H27N5O2. The van der Waals surface area contributed by atoms with Crippen LogP contribution < -0.4 is 4.90 Å². The fraction of sp³-hybridized carbons (Fsp3) is 0.526. The van der Waals surface area contributed by atoms with E-state index < -0.39 is 0 Å². The molecule has 26 heavy (non-hydrogen) atoms. The highest BCUT2D eigenvalue weighted by atomic mass is 16.5. The van der Waals surface area contributed by atoms with E-state index in [1.807, 2.05) is 66.9 Å². The van der Waals surface area contributed by atoms with E-state index in [9.17, 15) is 4.79 Å². The van der Waals surface area contributed by atoms with Crippen LogP contribution in [0.15, 0.2) is 24.4 Å². The minimum atomic E-state index is -0.173. The van der Waals surface area contributed by atoms with Gasteiger partial charge in [-0.25, -0.2) is 4.98 Å². The Morgan fingerprint density at radius 2 is 2.19 bits per heavy atom. The van der Waals surface area contributed by atoms with Crippen molar-refractivity contribution in [3.8, 4) is 0 Å². The Labute approximate surface area is 154 Å². The number of pyridine rings is 1. The van der Waals surface area contributed by atoms with Gasteiger partial charge in [0, 0.05) is 39.8 Å². The monoisotopic (exact) mass is 357 g/mol. The molecule has 0 aliphatic carbocycles. The molecule has 0 aromatic carbocycles. The fourth-order valence-corrected chi connectivity index (χ4v) is 3.11. The maximum absolute atomic E-state index is 12.7. The standard InChI is InChI=1S/C19H27N5O2/c1-14-15(12-20-23(14)4)8-9-19(25)24-10-11-26-17(13-24)16-6-5-7-18(21-16)22(2)3/h5-7,12,17H,8-11,13H2,1-4H3/t17-/m1/s1. The number of aromatic nitrogens is 3. The first-order valence-corrected chi connectivity index (χ1v) is 8.97. The molecule has 140 valence electrons. The lowest BCUT2D eigenvalue weighted by Crippen LogP contribution is -2.42. The number of anilines is 1. The van der Waals surface area contributed by atoms with Crippen molar-refractivity contribution < 1.29 is 9.53 Å². The van der Waals surface area contributed by atoms with Crippen molar-refractivity contribution in [3.05, 3.63) is 41.3 Å². The van der Waals surface area contributed by atoms with E-state index in [1.165, 1.54) is 0 Å². The average molecular weight is 357 g/mol. The maximum Gasteiger partial charge on any atom is 0.223 e. The van der Waals surface area contributed by atoms with Gasteiger partial charge in [0.2, 0.25) is 5.91 Å². The summed E-state index contributed by atoms with van der Waals surface area (Å²) in [4.78, 5) is 21.2. The summed E-state index contributed by atoms with van der Waals surface area (Å²) < 4.78 is 7.72. The Hall–Kier alpha value is -2.41. The minimum Gasteiger partial charge on any atom is -0.368 e. The molecule has 1 aliphatic rings. The number of carbonyl (C=O) groups excluding carboxylic acids is 1. The highest BCUT2D eigenvalue weighted by Gasteiger charge is 2.26. The summed E-state index contributed by atoms with van der Waals surface area (Å²) in [5, 5.41) is 4.24. The molecule has 0 saturated carbocycles. The molecular weight excluding hydrogens is 330 g/mol. The van der Waals surface area contributed by atoms with Crippen molar-refractivity contribution in [2.45, 2.75) is 25.9 Å². The number of aryl methyl sites for hydroxylation is 2. The van der Waals surface area contributed by atoms with Gasteiger partial charge in [0.15, 0.2) is 0 Å². The summed E-state index contributed by atoms with van der Waals surface area (Å²) in [5.74, 6) is 1.05. The number of hydrogen-bond acceptors (Lipinski definition) is 5. The Morgan fingerprint density at radius 3 is 2.88 bits per heavy atom. The SMILES string of the molecule is Cc1c(CCC(=O)N2CCO[C@@H](c3cccc(N(C)C)n3)C2)cnn1C. The van der Waals surface area contributed by atoms with Crippen molar-refractivity contribution >= 4 is 11.7 Å². The van der Waals surface area contributed by atoms with Crippen molar-refractivity contribution in [1.82, 2.24) is 19.7 Å². The average Bonchev–Trinajstić information content (AvgIpc) is 2.98. The quantitative estimate of drug-likeness (QED) is 0.815. The smallest absolute Gasteiger partial charge is 0.223 e. The van der Waals surface area contributed by atoms with E-state index >= 15 is 0 Å². The van der Waals surface area contributed by atoms with Gasteiger partial charge in [0.05, 0.1) is 25.0 Å². The van der Waals surface area contributed by atoms with Crippen LogP contribution >= 0.6 is 0 Å². The van der Waals surface area contributed by atoms with Crippen molar-refractivity contribution in [2.24, 2.45) is 7.05 Å². The number of amides is 1. The summed E-state index contributed by atoms with van der Waals surface area (Å²) in [7, 11) is 5.84. The van der Waals surface area contributed by atoms with Gasteiger partial charge in [-0.1, -0.05) is 6.07 Å². The summed E-state index contributed by atoms with van der Waals surface area (Å²) in [6.45, 7) is 3.75. The number of hydrogen-bond donors (Lipinski definition) is 0. The number of ether oxygens (including phenoxy) is 1. The highest BCUT2D eigenvalue weighted by Crippen LogP contribution is 2.23. The third-order valence-corrected chi connectivity index (χ3v) is 4.91. The largest absolute Gasteiger partial charge is 0.368 e. The predicted octanol–water partition coefficient (Wildman–Crippen LogP) is 1.72. The molecule has 0 unspecified atom stereocenters. The van der Waals surface area contributed by atoms with Gasteiger partial charge in [-0.3, -0.25) is 9.48 Å². The van der Waals surface area contributed by atoms with Gasteiger partial charge in [-0.05, 0) is 31.0 Å². The summed E-state index contributed by atoms with van der Waals surface area (Å²) in [6, 6.07) is 5.91. The zero-order chi connectivity index (χ0) is 18.7. The Kier molecular flexibility index (Phi) is 5.56.